The van der Waals surface area contributed by atoms with E-state index in [-0.39, 0.29) is 30.2 Å². The second-order valence-corrected chi connectivity index (χ2v) is 5.14. The molecule has 1 heterocycles. The average molecular weight is 225 g/mol. The molecule has 0 aromatic rings. The number of hydrogen-bond acceptors (Lipinski definition) is 3. The van der Waals surface area contributed by atoms with Crippen LogP contribution in [-0.4, -0.2) is 34.5 Å². The summed E-state index contributed by atoms with van der Waals surface area (Å²) in [6.07, 6.45) is 1.65. The zero-order valence-corrected chi connectivity index (χ0v) is 9.85. The van der Waals surface area contributed by atoms with Crippen LogP contribution in [0.2, 0.25) is 0 Å². The number of β-amino-alcohol motifs (C(OH)–C–C–N with tert-alkyl or cyclic N) is 1. The van der Waals surface area contributed by atoms with Gasteiger partial charge >= 0.3 is 0 Å². The molecule has 1 aliphatic carbocycles. The Morgan fingerprint density at radius 2 is 1.81 bits per heavy atom. The Bertz CT molecular complexity index is 291. The first-order chi connectivity index (χ1) is 7.54. The Hall–Kier alpha value is -0.900. The average Bonchev–Trinajstić information content (AvgIpc) is 2.73. The Kier molecular flexibility index (Phi) is 3.02. The Morgan fingerprint density at radius 1 is 1.31 bits per heavy atom. The lowest BCUT2D eigenvalue weighted by Gasteiger charge is -2.19. The van der Waals surface area contributed by atoms with E-state index in [2.05, 4.69) is 6.92 Å². The molecule has 2 aliphatic rings. The van der Waals surface area contributed by atoms with Crippen LogP contribution >= 0.6 is 0 Å². The van der Waals surface area contributed by atoms with Gasteiger partial charge in [-0.1, -0.05) is 13.8 Å². The van der Waals surface area contributed by atoms with Gasteiger partial charge in [0.15, 0.2) is 0 Å². The number of fused-ring (bicyclic) bond motifs is 1. The van der Waals surface area contributed by atoms with Crippen LogP contribution in [0.4, 0.5) is 0 Å². The monoisotopic (exact) mass is 225 g/mol. The molecular weight excluding hydrogens is 206 g/mol. The van der Waals surface area contributed by atoms with E-state index in [0.717, 1.165) is 12.8 Å². The molecule has 0 bridgehead atoms. The van der Waals surface area contributed by atoms with Crippen LogP contribution < -0.4 is 0 Å². The summed E-state index contributed by atoms with van der Waals surface area (Å²) in [6.45, 7) is 4.11. The maximum absolute atomic E-state index is 12.0. The van der Waals surface area contributed by atoms with Crippen molar-refractivity contribution in [1.82, 2.24) is 4.90 Å². The molecule has 2 fully saturated rings. The van der Waals surface area contributed by atoms with E-state index < -0.39 is 6.10 Å². The van der Waals surface area contributed by atoms with E-state index in [4.69, 9.17) is 0 Å². The van der Waals surface area contributed by atoms with Crippen molar-refractivity contribution < 1.29 is 14.7 Å². The highest BCUT2D eigenvalue weighted by Gasteiger charge is 2.51. The number of hydrogen-bond donors (Lipinski definition) is 1. The van der Waals surface area contributed by atoms with Gasteiger partial charge in [-0.05, 0) is 25.2 Å². The number of imide groups is 1. The number of amides is 2. The van der Waals surface area contributed by atoms with Gasteiger partial charge in [-0.2, -0.15) is 0 Å². The summed E-state index contributed by atoms with van der Waals surface area (Å²) in [5, 5.41) is 9.52. The fourth-order valence-corrected chi connectivity index (χ4v) is 2.87. The summed E-state index contributed by atoms with van der Waals surface area (Å²) in [6, 6.07) is 0. The molecule has 0 aromatic carbocycles. The molecule has 3 atom stereocenters. The number of nitrogens with zero attached hydrogens (tertiary/aromatic N) is 1. The molecule has 16 heavy (non-hydrogen) atoms. The summed E-state index contributed by atoms with van der Waals surface area (Å²) in [7, 11) is 0. The standard InChI is InChI=1S/C12H19NO3/c1-3-8(14)6-13-11(15)9-4-7(2)5-10(9)12(13)16/h7-10,14H,3-6H2,1-2H3. The van der Waals surface area contributed by atoms with Crippen molar-refractivity contribution in [3.05, 3.63) is 0 Å². The maximum Gasteiger partial charge on any atom is 0.233 e. The number of likely N-dealkylation sites (tertiary alicyclic amines) is 1. The van der Waals surface area contributed by atoms with E-state index >= 15 is 0 Å². The van der Waals surface area contributed by atoms with Crippen LogP contribution in [0.25, 0.3) is 0 Å². The van der Waals surface area contributed by atoms with Crippen molar-refractivity contribution >= 4 is 11.8 Å². The quantitative estimate of drug-likeness (QED) is 0.722. The van der Waals surface area contributed by atoms with Gasteiger partial charge in [-0.25, -0.2) is 0 Å². The lowest BCUT2D eigenvalue weighted by atomic mass is 10.00. The molecule has 1 aliphatic heterocycles. The van der Waals surface area contributed by atoms with Crippen molar-refractivity contribution in [2.75, 3.05) is 6.54 Å². The number of carbonyl (C=O) groups is 2. The summed E-state index contributed by atoms with van der Waals surface area (Å²) in [5.74, 6) is 0.137. The fourth-order valence-electron chi connectivity index (χ4n) is 2.87. The van der Waals surface area contributed by atoms with Crippen molar-refractivity contribution in [3.8, 4) is 0 Å². The van der Waals surface area contributed by atoms with Crippen LogP contribution in [0, 0.1) is 17.8 Å². The molecule has 2 rings (SSSR count). The molecule has 1 saturated heterocycles. The van der Waals surface area contributed by atoms with Crippen molar-refractivity contribution in [2.24, 2.45) is 17.8 Å². The molecule has 0 aromatic heterocycles. The third-order valence-corrected chi connectivity index (χ3v) is 3.83. The van der Waals surface area contributed by atoms with Gasteiger partial charge in [-0.3, -0.25) is 14.5 Å². The summed E-state index contributed by atoms with van der Waals surface area (Å²) in [5.41, 5.74) is 0. The van der Waals surface area contributed by atoms with Crippen molar-refractivity contribution in [3.63, 3.8) is 0 Å². The van der Waals surface area contributed by atoms with E-state index in [1.807, 2.05) is 6.92 Å². The first kappa shape index (κ1) is 11.6. The van der Waals surface area contributed by atoms with Crippen molar-refractivity contribution in [2.45, 2.75) is 39.2 Å². The van der Waals surface area contributed by atoms with Crippen LogP contribution in [0.3, 0.4) is 0 Å². The normalized spacial score (nSPS) is 35.7. The first-order valence-corrected chi connectivity index (χ1v) is 6.07. The molecule has 1 saturated carbocycles. The maximum atomic E-state index is 12.0. The zero-order valence-electron chi connectivity index (χ0n) is 9.85. The van der Waals surface area contributed by atoms with Crippen LogP contribution in [-0.2, 0) is 9.59 Å². The SMILES string of the molecule is CCC(O)CN1C(=O)C2CC(C)CC2C1=O. The number of aliphatic hydroxyl groups excluding tert-OH is 1. The van der Waals surface area contributed by atoms with E-state index in [1.165, 1.54) is 4.90 Å². The predicted molar refractivity (Wildman–Crippen MR) is 58.4 cm³/mol. The molecular formula is C12H19NO3. The molecule has 2 amide bonds. The zero-order chi connectivity index (χ0) is 11.9. The minimum absolute atomic E-state index is 0.0631. The van der Waals surface area contributed by atoms with Gasteiger partial charge in [0.2, 0.25) is 11.8 Å². The van der Waals surface area contributed by atoms with Gasteiger partial charge in [0.1, 0.15) is 0 Å². The third kappa shape index (κ3) is 1.75. The predicted octanol–water partition coefficient (Wildman–Crippen LogP) is 0.788. The Balaban J connectivity index is 2.08. The lowest BCUT2D eigenvalue weighted by Crippen LogP contribution is -2.38. The largest absolute Gasteiger partial charge is 0.391 e. The molecule has 0 radical (unpaired) electrons. The van der Waals surface area contributed by atoms with Gasteiger partial charge < -0.3 is 5.11 Å². The second kappa shape index (κ2) is 4.17. The smallest absolute Gasteiger partial charge is 0.233 e. The van der Waals surface area contributed by atoms with Crippen LogP contribution in [0.5, 0.6) is 0 Å². The summed E-state index contributed by atoms with van der Waals surface area (Å²) in [4.78, 5) is 25.2. The highest BCUT2D eigenvalue weighted by molar-refractivity contribution is 6.05. The van der Waals surface area contributed by atoms with Crippen LogP contribution in [0.1, 0.15) is 33.1 Å². The van der Waals surface area contributed by atoms with E-state index in [1.54, 1.807) is 0 Å². The third-order valence-electron chi connectivity index (χ3n) is 3.83. The molecule has 0 spiro atoms. The second-order valence-electron chi connectivity index (χ2n) is 5.14. The first-order valence-electron chi connectivity index (χ1n) is 6.07. The molecule has 3 unspecified atom stereocenters. The van der Waals surface area contributed by atoms with Crippen molar-refractivity contribution in [1.29, 1.82) is 0 Å². The molecule has 4 nitrogen and oxygen atoms in total. The number of aliphatic hydroxyl groups is 1. The van der Waals surface area contributed by atoms with Gasteiger partial charge in [-0.15, -0.1) is 0 Å². The lowest BCUT2D eigenvalue weighted by molar-refractivity contribution is -0.142. The molecule has 90 valence electrons. The molecule has 4 heteroatoms. The van der Waals surface area contributed by atoms with Gasteiger partial charge in [0.25, 0.3) is 0 Å². The van der Waals surface area contributed by atoms with Gasteiger partial charge in [0, 0.05) is 0 Å². The summed E-state index contributed by atoms with van der Waals surface area (Å²) >= 11 is 0. The minimum atomic E-state index is -0.579. The highest BCUT2D eigenvalue weighted by Crippen LogP contribution is 2.42. The molecule has 1 N–H and O–H groups in total. The highest BCUT2D eigenvalue weighted by atomic mass is 16.3. The summed E-state index contributed by atoms with van der Waals surface area (Å²) < 4.78 is 0. The minimum Gasteiger partial charge on any atom is -0.391 e. The van der Waals surface area contributed by atoms with Crippen LogP contribution in [0.15, 0.2) is 0 Å². The van der Waals surface area contributed by atoms with E-state index in [9.17, 15) is 14.7 Å². The van der Waals surface area contributed by atoms with E-state index in [0.29, 0.717) is 12.3 Å². The number of carbonyl (C=O) groups excluding carboxylic acids is 2. The Morgan fingerprint density at radius 3 is 2.25 bits per heavy atom. The fraction of sp³-hybridized carbons (Fsp3) is 0.833. The topological polar surface area (TPSA) is 57.6 Å². The number of rotatable bonds is 3. The van der Waals surface area contributed by atoms with Gasteiger partial charge in [0.05, 0.1) is 24.5 Å². The Labute approximate surface area is 95.6 Å².